The molecule has 5 nitrogen and oxygen atoms in total. The van der Waals surface area contributed by atoms with Gasteiger partial charge in [-0.3, -0.25) is 9.59 Å². The highest BCUT2D eigenvalue weighted by molar-refractivity contribution is 5.94. The van der Waals surface area contributed by atoms with E-state index in [0.717, 1.165) is 0 Å². The SMILES string of the molecule is NC(=O)COc1cccc(C(=O)NCCc2ccccc2F)c1. The van der Waals surface area contributed by atoms with Crippen molar-refractivity contribution in [3.05, 3.63) is 65.5 Å². The molecule has 3 N–H and O–H groups in total. The van der Waals surface area contributed by atoms with Gasteiger partial charge in [-0.1, -0.05) is 24.3 Å². The van der Waals surface area contributed by atoms with Crippen LogP contribution in [0.2, 0.25) is 0 Å². The lowest BCUT2D eigenvalue weighted by Crippen LogP contribution is -2.26. The highest BCUT2D eigenvalue weighted by Crippen LogP contribution is 2.13. The quantitative estimate of drug-likeness (QED) is 0.815. The van der Waals surface area contributed by atoms with Crippen molar-refractivity contribution in [3.63, 3.8) is 0 Å². The second-order valence-corrected chi connectivity index (χ2v) is 4.88. The lowest BCUT2D eigenvalue weighted by Gasteiger charge is -2.08. The van der Waals surface area contributed by atoms with E-state index in [4.69, 9.17) is 10.5 Å². The molecule has 23 heavy (non-hydrogen) atoms. The van der Waals surface area contributed by atoms with Crippen molar-refractivity contribution in [2.75, 3.05) is 13.2 Å². The smallest absolute Gasteiger partial charge is 0.255 e. The van der Waals surface area contributed by atoms with Gasteiger partial charge in [-0.25, -0.2) is 4.39 Å². The highest BCUT2D eigenvalue weighted by atomic mass is 19.1. The Labute approximate surface area is 133 Å². The van der Waals surface area contributed by atoms with Crippen molar-refractivity contribution in [3.8, 4) is 5.75 Å². The summed E-state index contributed by atoms with van der Waals surface area (Å²) in [4.78, 5) is 22.7. The van der Waals surface area contributed by atoms with E-state index < -0.39 is 5.91 Å². The zero-order valence-corrected chi connectivity index (χ0v) is 12.4. The average molecular weight is 316 g/mol. The van der Waals surface area contributed by atoms with Gasteiger partial charge in [0.2, 0.25) is 0 Å². The van der Waals surface area contributed by atoms with Crippen LogP contribution in [0.15, 0.2) is 48.5 Å². The number of rotatable bonds is 7. The maximum Gasteiger partial charge on any atom is 0.255 e. The van der Waals surface area contributed by atoms with E-state index in [2.05, 4.69) is 5.32 Å². The molecule has 0 radical (unpaired) electrons. The molecule has 0 aromatic heterocycles. The van der Waals surface area contributed by atoms with Crippen LogP contribution in [0.25, 0.3) is 0 Å². The lowest BCUT2D eigenvalue weighted by atomic mass is 10.1. The third-order valence-corrected chi connectivity index (χ3v) is 3.12. The van der Waals surface area contributed by atoms with Gasteiger partial charge in [0, 0.05) is 12.1 Å². The normalized spacial score (nSPS) is 10.1. The van der Waals surface area contributed by atoms with E-state index in [0.29, 0.717) is 29.8 Å². The summed E-state index contributed by atoms with van der Waals surface area (Å²) in [6, 6.07) is 12.8. The topological polar surface area (TPSA) is 81.4 Å². The lowest BCUT2D eigenvalue weighted by molar-refractivity contribution is -0.119. The second kappa shape index (κ2) is 7.93. The molecule has 2 amide bonds. The molecule has 0 saturated carbocycles. The molecule has 0 saturated heterocycles. The Balaban J connectivity index is 1.89. The summed E-state index contributed by atoms with van der Waals surface area (Å²) in [5, 5.41) is 2.71. The number of primary amides is 1. The zero-order chi connectivity index (χ0) is 16.7. The number of benzene rings is 2. The third kappa shape index (κ3) is 5.10. The van der Waals surface area contributed by atoms with Crippen LogP contribution in [0.1, 0.15) is 15.9 Å². The third-order valence-electron chi connectivity index (χ3n) is 3.12. The molecule has 0 spiro atoms. The summed E-state index contributed by atoms with van der Waals surface area (Å²) >= 11 is 0. The maximum atomic E-state index is 13.5. The fraction of sp³-hybridized carbons (Fsp3) is 0.176. The van der Waals surface area contributed by atoms with Crippen LogP contribution in [0.3, 0.4) is 0 Å². The standard InChI is InChI=1S/C17H17FN2O3/c18-15-7-2-1-4-12(15)8-9-20-17(22)13-5-3-6-14(10-13)23-11-16(19)21/h1-7,10H,8-9,11H2,(H2,19,21)(H,20,22). The minimum atomic E-state index is -0.593. The van der Waals surface area contributed by atoms with E-state index in [1.807, 2.05) is 0 Å². The summed E-state index contributed by atoms with van der Waals surface area (Å²) in [6.45, 7) is 0.0600. The van der Waals surface area contributed by atoms with Gasteiger partial charge in [0.05, 0.1) is 0 Å². The Bertz CT molecular complexity index is 704. The first-order valence-corrected chi connectivity index (χ1v) is 7.09. The maximum absolute atomic E-state index is 13.5. The van der Waals surface area contributed by atoms with Crippen molar-refractivity contribution in [1.82, 2.24) is 5.32 Å². The molecular formula is C17H17FN2O3. The first kappa shape index (κ1) is 16.5. The van der Waals surface area contributed by atoms with Gasteiger partial charge in [-0.2, -0.15) is 0 Å². The van der Waals surface area contributed by atoms with Crippen LogP contribution in [0.5, 0.6) is 5.75 Å². The number of ether oxygens (including phenoxy) is 1. The molecule has 120 valence electrons. The van der Waals surface area contributed by atoms with Crippen LogP contribution in [0, 0.1) is 5.82 Å². The van der Waals surface area contributed by atoms with Crippen LogP contribution in [-0.2, 0) is 11.2 Å². The number of nitrogens with two attached hydrogens (primary N) is 1. The molecule has 2 aromatic rings. The first-order chi connectivity index (χ1) is 11.1. The van der Waals surface area contributed by atoms with Crippen molar-refractivity contribution in [2.24, 2.45) is 5.73 Å². The molecule has 0 unspecified atom stereocenters. The summed E-state index contributed by atoms with van der Waals surface area (Å²) in [7, 11) is 0. The van der Waals surface area contributed by atoms with Crippen molar-refractivity contribution in [1.29, 1.82) is 0 Å². The summed E-state index contributed by atoms with van der Waals surface area (Å²) in [5.74, 6) is -0.801. The molecule has 0 aliphatic heterocycles. The van der Waals surface area contributed by atoms with Gasteiger partial charge < -0.3 is 15.8 Å². The Kier molecular flexibility index (Phi) is 5.68. The van der Waals surface area contributed by atoms with E-state index in [1.54, 1.807) is 36.4 Å². The molecule has 2 rings (SSSR count). The number of carbonyl (C=O) groups is 2. The second-order valence-electron chi connectivity index (χ2n) is 4.88. The van der Waals surface area contributed by atoms with E-state index in [9.17, 15) is 14.0 Å². The van der Waals surface area contributed by atoms with Gasteiger partial charge >= 0.3 is 0 Å². The number of halogens is 1. The van der Waals surface area contributed by atoms with E-state index in [-0.39, 0.29) is 18.3 Å². The summed E-state index contributed by atoms with van der Waals surface area (Å²) in [5.41, 5.74) is 5.93. The highest BCUT2D eigenvalue weighted by Gasteiger charge is 2.08. The molecule has 0 aliphatic carbocycles. The van der Waals surface area contributed by atoms with Gasteiger partial charge in [0.1, 0.15) is 11.6 Å². The Morgan fingerprint density at radius 2 is 1.91 bits per heavy atom. The molecule has 6 heteroatoms. The number of carbonyl (C=O) groups excluding carboxylic acids is 2. The van der Waals surface area contributed by atoms with Crippen molar-refractivity contribution in [2.45, 2.75) is 6.42 Å². The van der Waals surface area contributed by atoms with Crippen LogP contribution in [0.4, 0.5) is 4.39 Å². The minimum absolute atomic E-state index is 0.252. The Morgan fingerprint density at radius 1 is 1.13 bits per heavy atom. The monoisotopic (exact) mass is 316 g/mol. The van der Waals surface area contributed by atoms with E-state index in [1.165, 1.54) is 12.1 Å². The molecule has 0 atom stereocenters. The van der Waals surface area contributed by atoms with E-state index >= 15 is 0 Å². The van der Waals surface area contributed by atoms with Gasteiger partial charge in [0.15, 0.2) is 6.61 Å². The predicted molar refractivity (Wildman–Crippen MR) is 83.6 cm³/mol. The average Bonchev–Trinajstić information content (AvgIpc) is 2.55. The minimum Gasteiger partial charge on any atom is -0.484 e. The molecule has 0 fully saturated rings. The van der Waals surface area contributed by atoms with Gasteiger partial charge in [-0.05, 0) is 36.2 Å². The fourth-order valence-electron chi connectivity index (χ4n) is 2.00. The van der Waals surface area contributed by atoms with Gasteiger partial charge in [0.25, 0.3) is 11.8 Å². The van der Waals surface area contributed by atoms with Gasteiger partial charge in [-0.15, -0.1) is 0 Å². The molecule has 0 bridgehead atoms. The van der Waals surface area contributed by atoms with Crippen molar-refractivity contribution >= 4 is 11.8 Å². The number of nitrogens with one attached hydrogen (secondary N) is 1. The number of amides is 2. The van der Waals surface area contributed by atoms with Crippen LogP contribution in [-0.4, -0.2) is 25.0 Å². The zero-order valence-electron chi connectivity index (χ0n) is 12.4. The number of hydrogen-bond donors (Lipinski definition) is 2. The summed E-state index contributed by atoms with van der Waals surface area (Å²) in [6.07, 6.45) is 0.399. The Hall–Kier alpha value is -2.89. The van der Waals surface area contributed by atoms with Crippen LogP contribution >= 0.6 is 0 Å². The fourth-order valence-corrected chi connectivity index (χ4v) is 2.00. The number of hydrogen-bond acceptors (Lipinski definition) is 3. The summed E-state index contributed by atoms with van der Waals surface area (Å²) < 4.78 is 18.6. The molecule has 0 heterocycles. The molecular weight excluding hydrogens is 299 g/mol. The largest absolute Gasteiger partial charge is 0.484 e. The van der Waals surface area contributed by atoms with Crippen molar-refractivity contribution < 1.29 is 18.7 Å². The molecule has 2 aromatic carbocycles. The van der Waals surface area contributed by atoms with Crippen LogP contribution < -0.4 is 15.8 Å². The molecule has 0 aliphatic rings. The predicted octanol–water partition coefficient (Wildman–Crippen LogP) is 1.66. The Morgan fingerprint density at radius 3 is 2.65 bits per heavy atom. The first-order valence-electron chi connectivity index (χ1n) is 7.09.